The van der Waals surface area contributed by atoms with E-state index in [2.05, 4.69) is 39.0 Å². The van der Waals surface area contributed by atoms with Crippen LogP contribution in [-0.4, -0.2) is 32.1 Å². The molecule has 0 fully saturated rings. The molecule has 1 unspecified atom stereocenters. The fraction of sp³-hybridized carbons (Fsp3) is 0.455. The van der Waals surface area contributed by atoms with Gasteiger partial charge in [-0.1, -0.05) is 0 Å². The van der Waals surface area contributed by atoms with Crippen LogP contribution in [0.15, 0.2) is 18.6 Å². The van der Waals surface area contributed by atoms with Crippen LogP contribution in [0.5, 0.6) is 0 Å². The van der Waals surface area contributed by atoms with Crippen molar-refractivity contribution in [3.05, 3.63) is 34.3 Å². The van der Waals surface area contributed by atoms with Crippen LogP contribution in [-0.2, 0) is 6.54 Å². The molecule has 0 saturated carbocycles. The second-order valence-corrected chi connectivity index (χ2v) is 5.21. The van der Waals surface area contributed by atoms with Gasteiger partial charge in [-0.3, -0.25) is 4.90 Å². The third-order valence-electron chi connectivity index (χ3n) is 2.65. The summed E-state index contributed by atoms with van der Waals surface area (Å²) in [5.74, 6) is 0. The number of aromatic nitrogens is 4. The van der Waals surface area contributed by atoms with Crippen LogP contribution in [0, 0.1) is 6.92 Å². The number of nitrogens with zero attached hydrogens (tertiary/aromatic N) is 5. The lowest BCUT2D eigenvalue weighted by molar-refractivity contribution is 0.247. The van der Waals surface area contributed by atoms with E-state index in [-0.39, 0.29) is 6.04 Å². The minimum absolute atomic E-state index is 0.238. The highest BCUT2D eigenvalue weighted by Crippen LogP contribution is 2.19. The molecule has 2 heterocycles. The highest BCUT2D eigenvalue weighted by molar-refractivity contribution is 7.11. The standard InChI is InChI=1S/C11H15N5S/c1-8(10-4-5-12-7-13-10)16(3)6-11-15-14-9(2)17-11/h4-5,7-8H,6H2,1-3H3. The fourth-order valence-corrected chi connectivity index (χ4v) is 2.30. The molecule has 0 aliphatic carbocycles. The van der Waals surface area contributed by atoms with Crippen molar-refractivity contribution in [3.8, 4) is 0 Å². The predicted octanol–water partition coefficient (Wildman–Crippen LogP) is 1.83. The molecule has 0 amide bonds. The molecule has 0 bridgehead atoms. The molecule has 6 heteroatoms. The van der Waals surface area contributed by atoms with E-state index in [0.29, 0.717) is 0 Å². The molecule has 2 aromatic heterocycles. The average molecular weight is 249 g/mol. The maximum Gasteiger partial charge on any atom is 0.131 e. The first-order valence-corrected chi connectivity index (χ1v) is 6.23. The maximum absolute atomic E-state index is 4.26. The van der Waals surface area contributed by atoms with Crippen molar-refractivity contribution in [1.82, 2.24) is 25.1 Å². The van der Waals surface area contributed by atoms with E-state index < -0.39 is 0 Å². The minimum Gasteiger partial charge on any atom is -0.291 e. The lowest BCUT2D eigenvalue weighted by Gasteiger charge is -2.22. The van der Waals surface area contributed by atoms with Gasteiger partial charge in [-0.25, -0.2) is 9.97 Å². The smallest absolute Gasteiger partial charge is 0.131 e. The third kappa shape index (κ3) is 3.04. The van der Waals surface area contributed by atoms with Gasteiger partial charge in [0.05, 0.1) is 12.2 Å². The van der Waals surface area contributed by atoms with Crippen LogP contribution in [0.1, 0.15) is 28.7 Å². The molecule has 17 heavy (non-hydrogen) atoms. The normalized spacial score (nSPS) is 12.9. The molecule has 0 aliphatic rings. The van der Waals surface area contributed by atoms with Crippen molar-refractivity contribution in [2.75, 3.05) is 7.05 Å². The Hall–Kier alpha value is -1.40. The lowest BCUT2D eigenvalue weighted by atomic mass is 10.2. The monoisotopic (exact) mass is 249 g/mol. The van der Waals surface area contributed by atoms with Crippen molar-refractivity contribution in [2.24, 2.45) is 0 Å². The molecule has 5 nitrogen and oxygen atoms in total. The summed E-state index contributed by atoms with van der Waals surface area (Å²) in [4.78, 5) is 10.4. The van der Waals surface area contributed by atoms with Crippen molar-refractivity contribution in [2.45, 2.75) is 26.4 Å². The Labute approximate surface area is 105 Å². The van der Waals surface area contributed by atoms with E-state index in [4.69, 9.17) is 0 Å². The zero-order valence-corrected chi connectivity index (χ0v) is 11.0. The highest BCUT2D eigenvalue weighted by atomic mass is 32.1. The average Bonchev–Trinajstić information content (AvgIpc) is 2.75. The first-order chi connectivity index (χ1) is 8.16. The van der Waals surface area contributed by atoms with Crippen LogP contribution < -0.4 is 0 Å². The van der Waals surface area contributed by atoms with Crippen molar-refractivity contribution < 1.29 is 0 Å². The van der Waals surface area contributed by atoms with Gasteiger partial charge in [-0.2, -0.15) is 0 Å². The summed E-state index contributed by atoms with van der Waals surface area (Å²) in [6.07, 6.45) is 3.34. The molecule has 0 N–H and O–H groups in total. The second kappa shape index (κ2) is 5.29. The van der Waals surface area contributed by atoms with Gasteiger partial charge in [-0.05, 0) is 27.0 Å². The Morgan fingerprint density at radius 3 is 2.82 bits per heavy atom. The highest BCUT2D eigenvalue weighted by Gasteiger charge is 2.14. The van der Waals surface area contributed by atoms with Gasteiger partial charge in [0, 0.05) is 12.2 Å². The van der Waals surface area contributed by atoms with Gasteiger partial charge in [0.1, 0.15) is 16.3 Å². The quantitative estimate of drug-likeness (QED) is 0.827. The second-order valence-electron chi connectivity index (χ2n) is 3.94. The molecular formula is C11H15N5S. The summed E-state index contributed by atoms with van der Waals surface area (Å²) in [5, 5.41) is 10.2. The molecule has 90 valence electrons. The summed E-state index contributed by atoms with van der Waals surface area (Å²) in [7, 11) is 2.06. The van der Waals surface area contributed by atoms with Gasteiger partial charge < -0.3 is 0 Å². The van der Waals surface area contributed by atoms with Crippen molar-refractivity contribution in [1.29, 1.82) is 0 Å². The largest absolute Gasteiger partial charge is 0.291 e. The summed E-state index contributed by atoms with van der Waals surface area (Å²) in [5.41, 5.74) is 1.02. The van der Waals surface area contributed by atoms with Crippen molar-refractivity contribution >= 4 is 11.3 Å². The van der Waals surface area contributed by atoms with Gasteiger partial charge in [0.25, 0.3) is 0 Å². The third-order valence-corrected chi connectivity index (χ3v) is 3.47. The van der Waals surface area contributed by atoms with Gasteiger partial charge in [0.2, 0.25) is 0 Å². The van der Waals surface area contributed by atoms with Crippen LogP contribution in [0.4, 0.5) is 0 Å². The van der Waals surface area contributed by atoms with E-state index in [9.17, 15) is 0 Å². The van der Waals surface area contributed by atoms with E-state index >= 15 is 0 Å². The molecule has 0 spiro atoms. The first-order valence-electron chi connectivity index (χ1n) is 5.42. The molecule has 2 aromatic rings. The molecule has 0 radical (unpaired) electrons. The van der Waals surface area contributed by atoms with Gasteiger partial charge >= 0.3 is 0 Å². The van der Waals surface area contributed by atoms with Crippen LogP contribution >= 0.6 is 11.3 Å². The summed E-state index contributed by atoms with van der Waals surface area (Å²) in [6, 6.07) is 2.18. The molecule has 1 atom stereocenters. The molecule has 0 aliphatic heterocycles. The van der Waals surface area contributed by atoms with E-state index in [1.807, 2.05) is 13.0 Å². The first kappa shape index (κ1) is 12.1. The Balaban J connectivity index is 2.03. The Morgan fingerprint density at radius 2 is 2.24 bits per heavy atom. The molecular weight excluding hydrogens is 234 g/mol. The zero-order valence-electron chi connectivity index (χ0n) is 10.2. The van der Waals surface area contributed by atoms with Crippen LogP contribution in [0.25, 0.3) is 0 Å². The number of hydrogen-bond donors (Lipinski definition) is 0. The zero-order chi connectivity index (χ0) is 12.3. The Morgan fingerprint density at radius 1 is 1.41 bits per heavy atom. The number of rotatable bonds is 4. The maximum atomic E-state index is 4.26. The van der Waals surface area contributed by atoms with Gasteiger partial charge in [0.15, 0.2) is 0 Å². The fourth-order valence-electron chi connectivity index (χ4n) is 1.53. The SMILES string of the molecule is Cc1nnc(CN(C)C(C)c2ccncn2)s1. The Kier molecular flexibility index (Phi) is 3.75. The summed E-state index contributed by atoms with van der Waals surface area (Å²) in [6.45, 7) is 4.88. The van der Waals surface area contributed by atoms with E-state index in [1.54, 1.807) is 23.9 Å². The van der Waals surface area contributed by atoms with E-state index in [0.717, 1.165) is 22.3 Å². The molecule has 0 aromatic carbocycles. The molecule has 2 rings (SSSR count). The van der Waals surface area contributed by atoms with E-state index in [1.165, 1.54) is 0 Å². The minimum atomic E-state index is 0.238. The number of aryl methyl sites for hydroxylation is 1. The van der Waals surface area contributed by atoms with Gasteiger partial charge in [-0.15, -0.1) is 21.5 Å². The summed E-state index contributed by atoms with van der Waals surface area (Å²) >= 11 is 1.63. The Bertz CT molecular complexity index is 470. The summed E-state index contributed by atoms with van der Waals surface area (Å²) < 4.78 is 0. The molecule has 0 saturated heterocycles. The lowest BCUT2D eigenvalue weighted by Crippen LogP contribution is -2.22. The van der Waals surface area contributed by atoms with Crippen molar-refractivity contribution in [3.63, 3.8) is 0 Å². The topological polar surface area (TPSA) is 54.8 Å². The van der Waals surface area contributed by atoms with Crippen LogP contribution in [0.2, 0.25) is 0 Å². The number of hydrogen-bond acceptors (Lipinski definition) is 6. The predicted molar refractivity (Wildman–Crippen MR) is 66.6 cm³/mol. The van der Waals surface area contributed by atoms with Crippen LogP contribution in [0.3, 0.4) is 0 Å².